The molecule has 0 bridgehead atoms. The summed E-state index contributed by atoms with van der Waals surface area (Å²) in [5.74, 6) is 0.924. The summed E-state index contributed by atoms with van der Waals surface area (Å²) in [6.45, 7) is 2.40. The lowest BCUT2D eigenvalue weighted by Gasteiger charge is -2.28. The van der Waals surface area contributed by atoms with Crippen molar-refractivity contribution in [1.29, 1.82) is 0 Å². The molecule has 0 atom stereocenters. The van der Waals surface area contributed by atoms with E-state index in [0.717, 1.165) is 51.0 Å². The van der Waals surface area contributed by atoms with Crippen molar-refractivity contribution < 1.29 is 18.3 Å². The zero-order chi connectivity index (χ0) is 23.9. The largest absolute Gasteiger partial charge is 0.464 e. The molecule has 2 aromatic rings. The second-order valence-corrected chi connectivity index (χ2v) is 10.2. The van der Waals surface area contributed by atoms with E-state index in [1.165, 1.54) is 40.3 Å². The van der Waals surface area contributed by atoms with Gasteiger partial charge in [-0.15, -0.1) is 0 Å². The molecule has 11 heteroatoms. The summed E-state index contributed by atoms with van der Waals surface area (Å²) >= 11 is 1.41. The van der Waals surface area contributed by atoms with Crippen molar-refractivity contribution in [3.63, 3.8) is 0 Å². The fourth-order valence-corrected chi connectivity index (χ4v) is 5.61. The molecule has 0 radical (unpaired) electrons. The molecule has 186 valence electrons. The third kappa shape index (κ3) is 7.36. The molecule has 2 aliphatic rings. The highest BCUT2D eigenvalue weighted by Crippen LogP contribution is 2.31. The number of aryl methyl sites for hydroxylation is 1. The molecular weight excluding hydrogens is 462 g/mol. The van der Waals surface area contributed by atoms with E-state index in [0.29, 0.717) is 22.7 Å². The van der Waals surface area contributed by atoms with E-state index >= 15 is 0 Å². The standard InChI is InChI=1S/C23H32F2N6O2S/c1-30-27-14-18(29-30)12-22(32)26-13-17-4-2-16(3-5-17)6-9-31-10-7-19-20(8-11-31)34-23(28-19)33-15-21(24)25/h13-14,16-17,21H,2-12,15H2,1H3. The van der Waals surface area contributed by atoms with Crippen LogP contribution in [-0.4, -0.2) is 69.7 Å². The Labute approximate surface area is 202 Å². The summed E-state index contributed by atoms with van der Waals surface area (Å²) in [5, 5.41) is 8.46. The Morgan fingerprint density at radius 3 is 2.82 bits per heavy atom. The quantitative estimate of drug-likeness (QED) is 0.497. The van der Waals surface area contributed by atoms with Crippen LogP contribution in [0.15, 0.2) is 11.2 Å². The van der Waals surface area contributed by atoms with Crippen molar-refractivity contribution in [2.45, 2.75) is 57.8 Å². The average molecular weight is 495 g/mol. The maximum Gasteiger partial charge on any atom is 0.273 e. The van der Waals surface area contributed by atoms with E-state index < -0.39 is 13.0 Å². The molecule has 0 aromatic carbocycles. The third-order valence-corrected chi connectivity index (χ3v) is 7.63. The van der Waals surface area contributed by atoms with Crippen molar-refractivity contribution in [2.75, 3.05) is 26.2 Å². The van der Waals surface area contributed by atoms with Gasteiger partial charge in [-0.2, -0.15) is 15.0 Å². The van der Waals surface area contributed by atoms with Gasteiger partial charge in [0.15, 0.2) is 6.61 Å². The van der Waals surface area contributed by atoms with Gasteiger partial charge >= 0.3 is 0 Å². The summed E-state index contributed by atoms with van der Waals surface area (Å²) in [7, 11) is 1.73. The molecule has 8 nitrogen and oxygen atoms in total. The van der Waals surface area contributed by atoms with Crippen LogP contribution in [-0.2, 0) is 31.1 Å². The fraction of sp³-hybridized carbons (Fsp3) is 0.696. The number of rotatable bonds is 9. The molecule has 1 aliphatic heterocycles. The molecule has 0 saturated heterocycles. The second-order valence-electron chi connectivity index (χ2n) is 9.14. The van der Waals surface area contributed by atoms with E-state index in [2.05, 4.69) is 25.1 Å². The van der Waals surface area contributed by atoms with Crippen LogP contribution in [0.25, 0.3) is 0 Å². The second kappa shape index (κ2) is 11.9. The molecule has 0 unspecified atom stereocenters. The number of nitrogens with zero attached hydrogens (tertiary/aromatic N) is 6. The van der Waals surface area contributed by atoms with Crippen LogP contribution in [0.4, 0.5) is 8.78 Å². The number of ether oxygens (including phenoxy) is 1. The Morgan fingerprint density at radius 2 is 2.09 bits per heavy atom. The zero-order valence-corrected chi connectivity index (χ0v) is 20.4. The van der Waals surface area contributed by atoms with E-state index in [1.54, 1.807) is 13.2 Å². The summed E-state index contributed by atoms with van der Waals surface area (Å²) in [6.07, 6.45) is 8.58. The van der Waals surface area contributed by atoms with Gasteiger partial charge in [0.05, 0.1) is 24.0 Å². The number of carbonyl (C=O) groups excluding carboxylic acids is 1. The van der Waals surface area contributed by atoms with Gasteiger partial charge < -0.3 is 9.64 Å². The smallest absolute Gasteiger partial charge is 0.273 e. The minimum absolute atomic E-state index is 0.167. The Morgan fingerprint density at radius 1 is 1.29 bits per heavy atom. The summed E-state index contributed by atoms with van der Waals surface area (Å²) in [4.78, 5) is 25.7. The molecule has 1 saturated carbocycles. The van der Waals surface area contributed by atoms with Gasteiger partial charge in [-0.25, -0.2) is 18.8 Å². The number of carbonyl (C=O) groups is 1. The Kier molecular flexibility index (Phi) is 8.71. The van der Waals surface area contributed by atoms with E-state index in [4.69, 9.17) is 4.74 Å². The molecule has 3 heterocycles. The number of fused-ring (bicyclic) bond motifs is 1. The van der Waals surface area contributed by atoms with Gasteiger partial charge in [0.25, 0.3) is 17.5 Å². The highest BCUT2D eigenvalue weighted by molar-refractivity contribution is 7.13. The third-order valence-electron chi connectivity index (χ3n) is 6.57. The number of amides is 1. The van der Waals surface area contributed by atoms with Gasteiger partial charge in [0, 0.05) is 37.6 Å². The lowest BCUT2D eigenvalue weighted by molar-refractivity contribution is -0.117. The van der Waals surface area contributed by atoms with Crippen LogP contribution in [0.3, 0.4) is 0 Å². The van der Waals surface area contributed by atoms with Crippen LogP contribution in [0.1, 0.15) is 48.4 Å². The van der Waals surface area contributed by atoms with Crippen LogP contribution >= 0.6 is 11.3 Å². The number of hydrogen-bond donors (Lipinski definition) is 0. The minimum atomic E-state index is -2.47. The lowest BCUT2D eigenvalue weighted by atomic mass is 9.81. The number of halogens is 2. The Hall–Kier alpha value is -2.27. The van der Waals surface area contributed by atoms with E-state index in [-0.39, 0.29) is 12.3 Å². The molecular formula is C23H32F2N6O2S. The molecule has 1 aliphatic carbocycles. The Balaban J connectivity index is 1.13. The van der Waals surface area contributed by atoms with Gasteiger partial charge in [-0.1, -0.05) is 11.3 Å². The van der Waals surface area contributed by atoms with Gasteiger partial charge in [-0.3, -0.25) is 4.79 Å². The number of aliphatic imine (C=N–C) groups is 1. The minimum Gasteiger partial charge on any atom is -0.464 e. The summed E-state index contributed by atoms with van der Waals surface area (Å²) in [5.41, 5.74) is 1.65. The number of hydrogen-bond acceptors (Lipinski definition) is 7. The first-order valence-corrected chi connectivity index (χ1v) is 12.8. The van der Waals surface area contributed by atoms with Crippen LogP contribution < -0.4 is 4.74 Å². The molecule has 34 heavy (non-hydrogen) atoms. The molecule has 0 spiro atoms. The molecule has 4 rings (SSSR count). The number of thiazole rings is 1. The highest BCUT2D eigenvalue weighted by atomic mass is 32.1. The van der Waals surface area contributed by atoms with Gasteiger partial charge in [-0.05, 0) is 56.9 Å². The summed E-state index contributed by atoms with van der Waals surface area (Å²) < 4.78 is 29.8. The summed E-state index contributed by atoms with van der Waals surface area (Å²) in [6, 6.07) is 0. The van der Waals surface area contributed by atoms with Crippen molar-refractivity contribution in [2.24, 2.45) is 23.9 Å². The average Bonchev–Trinajstić information content (AvgIpc) is 3.36. The van der Waals surface area contributed by atoms with Crippen LogP contribution in [0.5, 0.6) is 5.19 Å². The van der Waals surface area contributed by atoms with Crippen LogP contribution in [0.2, 0.25) is 0 Å². The number of aromatic nitrogens is 4. The van der Waals surface area contributed by atoms with Crippen molar-refractivity contribution >= 4 is 23.5 Å². The Bertz CT molecular complexity index is 945. The van der Waals surface area contributed by atoms with E-state index in [9.17, 15) is 13.6 Å². The van der Waals surface area contributed by atoms with Crippen LogP contribution in [0, 0.1) is 11.8 Å². The molecule has 1 fully saturated rings. The SMILES string of the molecule is Cn1ncc(CC(=O)N=CC2CCC(CCN3CCc4nc(OCC(F)F)sc4CC3)CC2)n1. The zero-order valence-electron chi connectivity index (χ0n) is 19.5. The number of alkyl halides is 2. The van der Waals surface area contributed by atoms with Crippen molar-refractivity contribution in [1.82, 2.24) is 24.9 Å². The van der Waals surface area contributed by atoms with E-state index in [1.807, 2.05) is 6.21 Å². The van der Waals surface area contributed by atoms with Gasteiger partial charge in [0.1, 0.15) is 0 Å². The topological polar surface area (TPSA) is 85.5 Å². The normalized spacial score (nSPS) is 21.6. The molecule has 2 aromatic heterocycles. The van der Waals surface area contributed by atoms with Crippen molar-refractivity contribution in [3.05, 3.63) is 22.5 Å². The van der Waals surface area contributed by atoms with Gasteiger partial charge in [0.2, 0.25) is 0 Å². The fourth-order valence-electron chi connectivity index (χ4n) is 4.65. The predicted octanol–water partition coefficient (Wildman–Crippen LogP) is 3.35. The lowest BCUT2D eigenvalue weighted by Crippen LogP contribution is -2.29. The monoisotopic (exact) mass is 494 g/mol. The first-order chi connectivity index (χ1) is 16.4. The molecule has 0 N–H and O–H groups in total. The predicted molar refractivity (Wildman–Crippen MR) is 126 cm³/mol. The molecule has 1 amide bonds. The maximum atomic E-state index is 12.3. The first-order valence-electron chi connectivity index (χ1n) is 12.0. The van der Waals surface area contributed by atoms with Crippen molar-refractivity contribution in [3.8, 4) is 5.19 Å². The first kappa shape index (κ1) is 24.8. The maximum absolute atomic E-state index is 12.3. The highest BCUT2D eigenvalue weighted by Gasteiger charge is 2.23.